The van der Waals surface area contributed by atoms with Gasteiger partial charge in [-0.1, -0.05) is 0 Å². The Labute approximate surface area is 107 Å². The number of methoxy groups -OCH3 is 1. The molecular weight excluding hydrogens is 234 g/mol. The van der Waals surface area contributed by atoms with Gasteiger partial charge in [-0.15, -0.1) is 0 Å². The van der Waals surface area contributed by atoms with E-state index in [9.17, 15) is 0 Å². The number of aromatic nitrogens is 2. The van der Waals surface area contributed by atoms with Crippen molar-refractivity contribution in [2.75, 3.05) is 39.3 Å². The average molecular weight is 253 g/mol. The molecule has 0 unspecified atom stereocenters. The molecule has 6 nitrogen and oxygen atoms in total. The fourth-order valence-electron chi connectivity index (χ4n) is 1.93. The quantitative estimate of drug-likeness (QED) is 0.854. The second-order valence-corrected chi connectivity index (χ2v) is 4.18. The molecule has 0 amide bonds. The predicted octanol–water partition coefficient (Wildman–Crippen LogP) is 1.33. The molecule has 2 heterocycles. The molecule has 0 aliphatic carbocycles. The third-order valence-electron chi connectivity index (χ3n) is 3.01. The molecule has 1 N–H and O–H groups in total. The van der Waals surface area contributed by atoms with Crippen LogP contribution in [0.2, 0.25) is 0 Å². The van der Waals surface area contributed by atoms with Crippen molar-refractivity contribution in [2.45, 2.75) is 12.8 Å². The van der Waals surface area contributed by atoms with E-state index >= 15 is 0 Å². The first kappa shape index (κ1) is 12.9. The van der Waals surface area contributed by atoms with Crippen molar-refractivity contribution < 1.29 is 14.2 Å². The first-order valence-electron chi connectivity index (χ1n) is 6.12. The molecule has 1 saturated heterocycles. The van der Waals surface area contributed by atoms with Crippen LogP contribution in [0.5, 0.6) is 11.6 Å². The van der Waals surface area contributed by atoms with Gasteiger partial charge in [-0.3, -0.25) is 0 Å². The minimum atomic E-state index is 0.489. The second kappa shape index (κ2) is 6.39. The van der Waals surface area contributed by atoms with Gasteiger partial charge in [0.05, 0.1) is 13.7 Å². The SMILES string of the molecule is CNc1ncnc(OCC2CCOCC2)c1OC. The van der Waals surface area contributed by atoms with Gasteiger partial charge in [-0.05, 0) is 18.8 Å². The normalized spacial score (nSPS) is 16.3. The number of ether oxygens (including phenoxy) is 3. The standard InChI is InChI=1S/C12H19N3O3/c1-13-11-10(16-2)12(15-8-14-11)18-7-9-3-5-17-6-4-9/h8-9H,3-7H2,1-2H3,(H,13,14,15). The summed E-state index contributed by atoms with van der Waals surface area (Å²) in [5.41, 5.74) is 0. The number of hydrogen-bond donors (Lipinski definition) is 1. The zero-order chi connectivity index (χ0) is 12.8. The van der Waals surface area contributed by atoms with Crippen LogP contribution in [-0.4, -0.2) is 43.9 Å². The number of nitrogens with one attached hydrogen (secondary N) is 1. The van der Waals surface area contributed by atoms with Gasteiger partial charge in [0.1, 0.15) is 6.33 Å². The summed E-state index contributed by atoms with van der Waals surface area (Å²) in [6.45, 7) is 2.27. The van der Waals surface area contributed by atoms with Crippen molar-refractivity contribution in [3.05, 3.63) is 6.33 Å². The predicted molar refractivity (Wildman–Crippen MR) is 67.2 cm³/mol. The van der Waals surface area contributed by atoms with Gasteiger partial charge in [0.2, 0.25) is 5.75 Å². The Balaban J connectivity index is 1.99. The zero-order valence-electron chi connectivity index (χ0n) is 10.8. The van der Waals surface area contributed by atoms with Crippen molar-refractivity contribution in [1.82, 2.24) is 9.97 Å². The summed E-state index contributed by atoms with van der Waals surface area (Å²) in [6, 6.07) is 0. The van der Waals surface area contributed by atoms with Crippen LogP contribution in [0.4, 0.5) is 5.82 Å². The van der Waals surface area contributed by atoms with E-state index in [0.29, 0.717) is 30.0 Å². The zero-order valence-corrected chi connectivity index (χ0v) is 10.8. The van der Waals surface area contributed by atoms with E-state index in [1.54, 1.807) is 14.2 Å². The van der Waals surface area contributed by atoms with Gasteiger partial charge >= 0.3 is 0 Å². The highest BCUT2D eigenvalue weighted by Gasteiger charge is 2.17. The van der Waals surface area contributed by atoms with E-state index < -0.39 is 0 Å². The first-order chi connectivity index (χ1) is 8.85. The number of nitrogens with zero attached hydrogens (tertiary/aromatic N) is 2. The van der Waals surface area contributed by atoms with Gasteiger partial charge in [0.15, 0.2) is 5.82 Å². The van der Waals surface area contributed by atoms with Crippen LogP contribution in [0, 0.1) is 5.92 Å². The molecule has 6 heteroatoms. The van der Waals surface area contributed by atoms with E-state index in [1.165, 1.54) is 6.33 Å². The highest BCUT2D eigenvalue weighted by molar-refractivity contribution is 5.54. The Kier molecular flexibility index (Phi) is 4.58. The molecule has 1 aliphatic rings. The number of hydrogen-bond acceptors (Lipinski definition) is 6. The van der Waals surface area contributed by atoms with Crippen molar-refractivity contribution in [3.63, 3.8) is 0 Å². The molecule has 18 heavy (non-hydrogen) atoms. The summed E-state index contributed by atoms with van der Waals surface area (Å²) in [5, 5.41) is 2.95. The molecule has 1 aliphatic heterocycles. The summed E-state index contributed by atoms with van der Waals surface area (Å²) < 4.78 is 16.3. The summed E-state index contributed by atoms with van der Waals surface area (Å²) in [6.07, 6.45) is 3.53. The maximum Gasteiger partial charge on any atom is 0.262 e. The van der Waals surface area contributed by atoms with Crippen LogP contribution in [-0.2, 0) is 4.74 Å². The van der Waals surface area contributed by atoms with Crippen LogP contribution in [0.15, 0.2) is 6.33 Å². The number of anilines is 1. The summed E-state index contributed by atoms with van der Waals surface area (Å²) in [4.78, 5) is 8.19. The highest BCUT2D eigenvalue weighted by atomic mass is 16.5. The van der Waals surface area contributed by atoms with E-state index in [4.69, 9.17) is 14.2 Å². The fraction of sp³-hybridized carbons (Fsp3) is 0.667. The Hall–Kier alpha value is -1.56. The first-order valence-corrected chi connectivity index (χ1v) is 6.12. The molecule has 0 aromatic carbocycles. The Bertz CT molecular complexity index is 381. The van der Waals surface area contributed by atoms with Crippen LogP contribution in [0.3, 0.4) is 0 Å². The third kappa shape index (κ3) is 3.01. The number of rotatable bonds is 5. The molecule has 1 fully saturated rings. The Morgan fingerprint density at radius 3 is 2.83 bits per heavy atom. The van der Waals surface area contributed by atoms with E-state index in [2.05, 4.69) is 15.3 Å². The second-order valence-electron chi connectivity index (χ2n) is 4.18. The maximum absolute atomic E-state index is 5.74. The van der Waals surface area contributed by atoms with Gasteiger partial charge < -0.3 is 19.5 Å². The topological polar surface area (TPSA) is 65.5 Å². The van der Waals surface area contributed by atoms with E-state index in [0.717, 1.165) is 26.1 Å². The van der Waals surface area contributed by atoms with Crippen LogP contribution >= 0.6 is 0 Å². The highest BCUT2D eigenvalue weighted by Crippen LogP contribution is 2.31. The monoisotopic (exact) mass is 253 g/mol. The van der Waals surface area contributed by atoms with Crippen molar-refractivity contribution in [1.29, 1.82) is 0 Å². The van der Waals surface area contributed by atoms with Gasteiger partial charge in [0.25, 0.3) is 5.88 Å². The molecule has 0 radical (unpaired) electrons. The Morgan fingerprint density at radius 1 is 1.39 bits per heavy atom. The molecule has 1 aromatic rings. The summed E-state index contributed by atoms with van der Waals surface area (Å²) in [5.74, 6) is 2.20. The van der Waals surface area contributed by atoms with Gasteiger partial charge in [-0.2, -0.15) is 4.98 Å². The minimum absolute atomic E-state index is 0.489. The molecule has 0 bridgehead atoms. The third-order valence-corrected chi connectivity index (χ3v) is 3.01. The lowest BCUT2D eigenvalue weighted by Gasteiger charge is -2.22. The molecule has 100 valence electrons. The molecule has 1 aromatic heterocycles. The summed E-state index contributed by atoms with van der Waals surface area (Å²) in [7, 11) is 3.37. The van der Waals surface area contributed by atoms with Crippen molar-refractivity contribution >= 4 is 5.82 Å². The van der Waals surface area contributed by atoms with Crippen LogP contribution in [0.25, 0.3) is 0 Å². The smallest absolute Gasteiger partial charge is 0.262 e. The van der Waals surface area contributed by atoms with Gasteiger partial charge in [-0.25, -0.2) is 4.98 Å². The van der Waals surface area contributed by atoms with Crippen LogP contribution < -0.4 is 14.8 Å². The lowest BCUT2D eigenvalue weighted by atomic mass is 10.0. The largest absolute Gasteiger partial charge is 0.489 e. The van der Waals surface area contributed by atoms with E-state index in [-0.39, 0.29) is 0 Å². The van der Waals surface area contributed by atoms with Gasteiger partial charge in [0, 0.05) is 20.3 Å². The Morgan fingerprint density at radius 2 is 2.17 bits per heavy atom. The molecule has 0 atom stereocenters. The average Bonchev–Trinajstić information content (AvgIpc) is 2.45. The lowest BCUT2D eigenvalue weighted by Crippen LogP contribution is -2.21. The minimum Gasteiger partial charge on any atom is -0.489 e. The van der Waals surface area contributed by atoms with Crippen molar-refractivity contribution in [3.8, 4) is 11.6 Å². The van der Waals surface area contributed by atoms with Crippen LogP contribution in [0.1, 0.15) is 12.8 Å². The molecular formula is C12H19N3O3. The lowest BCUT2D eigenvalue weighted by molar-refractivity contribution is 0.0485. The van der Waals surface area contributed by atoms with E-state index in [1.807, 2.05) is 0 Å². The van der Waals surface area contributed by atoms with Crippen molar-refractivity contribution in [2.24, 2.45) is 5.92 Å². The summed E-state index contributed by atoms with van der Waals surface area (Å²) >= 11 is 0. The molecule has 2 rings (SSSR count). The molecule has 0 saturated carbocycles. The maximum atomic E-state index is 5.74. The molecule has 0 spiro atoms. The fourth-order valence-corrected chi connectivity index (χ4v) is 1.93.